The van der Waals surface area contributed by atoms with Crippen LogP contribution in [0.4, 0.5) is 0 Å². The standard InChI is InChI=1S/C41H68NO11P/c1-3-5-7-8-9-10-11-12-13-14-15-16-17-18-20-25-40(46)50-32-35(33-52-54(48,49)51-30-29-42)53-41(47)26-22-21-24-36-37(39(45)31-38(36)44)28-27-34(43)23-19-6-4-2/h5,7,9-10,12-13,15-16,21-22,27-28,34-39,43-45H,3-4,6,8,11,14,17-20,23-26,29-33,42H2,1-2H3,(H,48,49)/b7-5-,10-9-,13-12-,16-15-,22-21-,28-27+/t34-,35-,36+,37-,38+,39-/m1/s1. The zero-order valence-corrected chi connectivity index (χ0v) is 33.4. The van der Waals surface area contributed by atoms with Gasteiger partial charge in [0.25, 0.3) is 0 Å². The van der Waals surface area contributed by atoms with Crippen LogP contribution in [-0.4, -0.2) is 82.9 Å². The Labute approximate surface area is 323 Å². The molecule has 0 heterocycles. The normalized spacial score (nSPS) is 21.7. The fourth-order valence-electron chi connectivity index (χ4n) is 5.72. The second-order valence-corrected chi connectivity index (χ2v) is 14.9. The molecule has 54 heavy (non-hydrogen) atoms. The first-order valence-corrected chi connectivity index (χ1v) is 21.2. The van der Waals surface area contributed by atoms with E-state index in [4.69, 9.17) is 24.3 Å². The van der Waals surface area contributed by atoms with E-state index in [9.17, 15) is 34.4 Å². The van der Waals surface area contributed by atoms with Gasteiger partial charge < -0.3 is 35.4 Å². The van der Waals surface area contributed by atoms with E-state index < -0.39 is 50.8 Å². The Morgan fingerprint density at radius 3 is 2.19 bits per heavy atom. The largest absolute Gasteiger partial charge is 0.472 e. The third-order valence-corrected chi connectivity index (χ3v) is 9.66. The molecule has 0 aromatic rings. The van der Waals surface area contributed by atoms with E-state index in [1.807, 2.05) is 0 Å². The molecule has 1 fully saturated rings. The first kappa shape index (κ1) is 49.3. The Morgan fingerprint density at radius 2 is 1.52 bits per heavy atom. The zero-order valence-electron chi connectivity index (χ0n) is 32.5. The maximum absolute atomic E-state index is 12.7. The number of unbranched alkanes of at least 4 members (excludes halogenated alkanes) is 4. The molecule has 1 aliphatic carbocycles. The van der Waals surface area contributed by atoms with E-state index in [1.165, 1.54) is 0 Å². The van der Waals surface area contributed by atoms with Crippen LogP contribution in [0.1, 0.15) is 110 Å². The maximum Gasteiger partial charge on any atom is 0.472 e. The molecule has 0 amide bonds. The van der Waals surface area contributed by atoms with Gasteiger partial charge in [-0.05, 0) is 63.7 Å². The second kappa shape index (κ2) is 31.5. The van der Waals surface area contributed by atoms with Crippen molar-refractivity contribution in [3.63, 3.8) is 0 Å². The number of nitrogens with two attached hydrogens (primary N) is 1. The van der Waals surface area contributed by atoms with Gasteiger partial charge in [-0.3, -0.25) is 18.6 Å². The van der Waals surface area contributed by atoms with Crippen molar-refractivity contribution in [3.05, 3.63) is 72.9 Å². The number of ether oxygens (including phenoxy) is 2. The first-order chi connectivity index (χ1) is 26.0. The van der Waals surface area contributed by atoms with Gasteiger partial charge in [0.05, 0.1) is 37.9 Å². The number of phosphoric ester groups is 1. The molecule has 1 unspecified atom stereocenters. The van der Waals surface area contributed by atoms with Gasteiger partial charge in [0.1, 0.15) is 6.61 Å². The molecular formula is C41H68NO11P. The summed E-state index contributed by atoms with van der Waals surface area (Å²) in [6.45, 7) is 3.04. The molecule has 12 nitrogen and oxygen atoms in total. The van der Waals surface area contributed by atoms with Crippen LogP contribution in [0.15, 0.2) is 72.9 Å². The first-order valence-electron chi connectivity index (χ1n) is 19.7. The van der Waals surface area contributed by atoms with Crippen molar-refractivity contribution in [3.8, 4) is 0 Å². The number of esters is 2. The summed E-state index contributed by atoms with van der Waals surface area (Å²) in [6, 6.07) is 0. The molecular weight excluding hydrogens is 713 g/mol. The second-order valence-electron chi connectivity index (χ2n) is 13.4. The summed E-state index contributed by atoms with van der Waals surface area (Å²) < 4.78 is 32.6. The quantitative estimate of drug-likeness (QED) is 0.0208. The van der Waals surface area contributed by atoms with Crippen LogP contribution < -0.4 is 5.73 Å². The number of carbonyl (C=O) groups excluding carboxylic acids is 2. The smallest absolute Gasteiger partial charge is 0.462 e. The minimum absolute atomic E-state index is 0.00651. The fraction of sp³-hybridized carbons (Fsp3) is 0.659. The van der Waals surface area contributed by atoms with Gasteiger partial charge in [-0.2, -0.15) is 0 Å². The van der Waals surface area contributed by atoms with E-state index >= 15 is 0 Å². The molecule has 0 aromatic heterocycles. The molecule has 1 aliphatic rings. The highest BCUT2D eigenvalue weighted by molar-refractivity contribution is 7.47. The number of hydrogen-bond donors (Lipinski definition) is 5. The summed E-state index contributed by atoms with van der Waals surface area (Å²) >= 11 is 0. The SMILES string of the molecule is CC/C=C\C/C=C\C/C=C\C/C=C\CCCCC(=O)OC[C@H](COP(=O)(O)OCCN)OC(=O)C/C=C\C[C@H]1[C@@H](/C=C/[C@H](O)CCCCC)[C@H](O)C[C@@H]1O. The number of aliphatic hydroxyl groups is 3. The molecule has 6 N–H and O–H groups in total. The Kier molecular flexibility index (Phi) is 28.8. The number of carbonyl (C=O) groups is 2. The average molecular weight is 782 g/mol. The van der Waals surface area contributed by atoms with Crippen LogP contribution in [0.2, 0.25) is 0 Å². The lowest BCUT2D eigenvalue weighted by Crippen LogP contribution is -2.29. The highest BCUT2D eigenvalue weighted by atomic mass is 31.2. The summed E-state index contributed by atoms with van der Waals surface area (Å²) in [5.41, 5.74) is 5.32. The average Bonchev–Trinajstić information content (AvgIpc) is 3.41. The molecule has 0 saturated heterocycles. The van der Waals surface area contributed by atoms with Crippen molar-refractivity contribution < 1.29 is 52.9 Å². The molecule has 0 aliphatic heterocycles. The van der Waals surface area contributed by atoms with Gasteiger partial charge >= 0.3 is 19.8 Å². The number of rotatable bonds is 31. The molecule has 308 valence electrons. The van der Waals surface area contributed by atoms with Crippen LogP contribution in [-0.2, 0) is 32.7 Å². The van der Waals surface area contributed by atoms with Crippen LogP contribution in [0.3, 0.4) is 0 Å². The van der Waals surface area contributed by atoms with Gasteiger partial charge in [0.2, 0.25) is 0 Å². The lowest BCUT2D eigenvalue weighted by Gasteiger charge is -2.20. The molecule has 13 heteroatoms. The number of phosphoric acid groups is 1. The molecule has 0 bridgehead atoms. The van der Waals surface area contributed by atoms with Crippen molar-refractivity contribution >= 4 is 19.8 Å². The third kappa shape index (κ3) is 25.4. The maximum atomic E-state index is 12.7. The van der Waals surface area contributed by atoms with Crippen LogP contribution in [0, 0.1) is 11.8 Å². The number of hydrogen-bond acceptors (Lipinski definition) is 11. The van der Waals surface area contributed by atoms with Gasteiger partial charge in [0, 0.05) is 25.3 Å². The Hall–Kier alpha value is -2.67. The Morgan fingerprint density at radius 1 is 0.833 bits per heavy atom. The lowest BCUT2D eigenvalue weighted by molar-refractivity contribution is -0.160. The van der Waals surface area contributed by atoms with Gasteiger partial charge in [-0.15, -0.1) is 0 Å². The molecule has 0 spiro atoms. The van der Waals surface area contributed by atoms with E-state index in [1.54, 1.807) is 24.3 Å². The van der Waals surface area contributed by atoms with E-state index in [-0.39, 0.29) is 50.9 Å². The number of allylic oxidation sites excluding steroid dienone is 9. The van der Waals surface area contributed by atoms with E-state index in [0.717, 1.165) is 57.8 Å². The molecule has 0 aromatic carbocycles. The topological polar surface area (TPSA) is 195 Å². The predicted octanol–water partition coefficient (Wildman–Crippen LogP) is 7.09. The monoisotopic (exact) mass is 781 g/mol. The number of aliphatic hydroxyl groups excluding tert-OH is 3. The molecule has 0 radical (unpaired) electrons. The van der Waals surface area contributed by atoms with Crippen LogP contribution >= 0.6 is 7.82 Å². The van der Waals surface area contributed by atoms with Crippen molar-refractivity contribution in [2.24, 2.45) is 17.6 Å². The fourth-order valence-corrected chi connectivity index (χ4v) is 6.48. The predicted molar refractivity (Wildman–Crippen MR) is 212 cm³/mol. The molecule has 1 saturated carbocycles. The van der Waals surface area contributed by atoms with Gasteiger partial charge in [-0.25, -0.2) is 4.57 Å². The van der Waals surface area contributed by atoms with Gasteiger partial charge in [0.15, 0.2) is 6.10 Å². The summed E-state index contributed by atoms with van der Waals surface area (Å²) in [5.74, 6) is -1.83. The Bertz CT molecular complexity index is 1230. The van der Waals surface area contributed by atoms with Crippen molar-refractivity contribution in [1.29, 1.82) is 0 Å². The van der Waals surface area contributed by atoms with Crippen LogP contribution in [0.25, 0.3) is 0 Å². The highest BCUT2D eigenvalue weighted by Gasteiger charge is 2.39. The summed E-state index contributed by atoms with van der Waals surface area (Å²) in [4.78, 5) is 35.0. The minimum Gasteiger partial charge on any atom is -0.462 e. The lowest BCUT2D eigenvalue weighted by atomic mass is 9.89. The van der Waals surface area contributed by atoms with E-state index in [0.29, 0.717) is 19.3 Å². The highest BCUT2D eigenvalue weighted by Crippen LogP contribution is 2.43. The summed E-state index contributed by atoms with van der Waals surface area (Å²) in [7, 11) is -4.48. The molecule has 7 atom stereocenters. The molecule has 1 rings (SSSR count). The minimum atomic E-state index is -4.48. The van der Waals surface area contributed by atoms with Crippen molar-refractivity contribution in [2.45, 2.75) is 135 Å². The Balaban J connectivity index is 2.55. The van der Waals surface area contributed by atoms with Crippen LogP contribution in [0.5, 0.6) is 0 Å². The van der Waals surface area contributed by atoms with E-state index in [2.05, 4.69) is 62.5 Å². The zero-order chi connectivity index (χ0) is 39.9. The van der Waals surface area contributed by atoms with Crippen molar-refractivity contribution in [2.75, 3.05) is 26.4 Å². The third-order valence-electron chi connectivity index (χ3n) is 8.68. The summed E-state index contributed by atoms with van der Waals surface area (Å²) in [6.07, 6.45) is 30.7. The van der Waals surface area contributed by atoms with Crippen molar-refractivity contribution in [1.82, 2.24) is 0 Å². The van der Waals surface area contributed by atoms with Gasteiger partial charge in [-0.1, -0.05) is 106 Å². The summed E-state index contributed by atoms with van der Waals surface area (Å²) in [5, 5.41) is 31.3.